The first-order valence-corrected chi connectivity index (χ1v) is 6.25. The predicted molar refractivity (Wildman–Crippen MR) is 70.6 cm³/mol. The molecule has 0 spiro atoms. The van der Waals surface area contributed by atoms with Gasteiger partial charge in [0.25, 0.3) is 0 Å². The Hall–Kier alpha value is -0.610. The molecule has 0 bridgehead atoms. The number of nitrogens with two attached hydrogens (primary N) is 1. The third kappa shape index (κ3) is 8.16. The van der Waals surface area contributed by atoms with E-state index in [1.54, 1.807) is 0 Å². The normalized spacial score (nSPS) is 14.5. The minimum absolute atomic E-state index is 0.000821. The zero-order chi connectivity index (χ0) is 13.7. The highest BCUT2D eigenvalue weighted by Crippen LogP contribution is 2.21. The van der Waals surface area contributed by atoms with Crippen molar-refractivity contribution in [1.29, 1.82) is 0 Å². The van der Waals surface area contributed by atoms with Gasteiger partial charge < -0.3 is 16.2 Å². The van der Waals surface area contributed by atoms with Crippen LogP contribution >= 0.6 is 0 Å². The molecule has 17 heavy (non-hydrogen) atoms. The predicted octanol–water partition coefficient (Wildman–Crippen LogP) is 1.42. The molecule has 4 nitrogen and oxygen atoms in total. The number of hydrogen-bond donors (Lipinski definition) is 3. The molecule has 1 atom stereocenters. The van der Waals surface area contributed by atoms with Gasteiger partial charge in [-0.25, -0.2) is 0 Å². The van der Waals surface area contributed by atoms with E-state index < -0.39 is 0 Å². The molecule has 102 valence electrons. The Kier molecular flexibility index (Phi) is 6.13. The van der Waals surface area contributed by atoms with Gasteiger partial charge >= 0.3 is 0 Å². The van der Waals surface area contributed by atoms with Crippen LogP contribution < -0.4 is 11.1 Å². The number of nitrogens with one attached hydrogen (secondary N) is 1. The number of amides is 1. The van der Waals surface area contributed by atoms with E-state index in [2.05, 4.69) is 26.1 Å². The number of aliphatic hydroxyl groups excluding tert-OH is 1. The van der Waals surface area contributed by atoms with Crippen LogP contribution in [0, 0.1) is 5.41 Å². The summed E-state index contributed by atoms with van der Waals surface area (Å²) in [6.45, 7) is 10.1. The van der Waals surface area contributed by atoms with Crippen LogP contribution in [0.3, 0.4) is 0 Å². The molecule has 0 aromatic carbocycles. The van der Waals surface area contributed by atoms with Crippen molar-refractivity contribution in [3.63, 3.8) is 0 Å². The zero-order valence-corrected chi connectivity index (χ0v) is 11.8. The van der Waals surface area contributed by atoms with Crippen molar-refractivity contribution >= 4 is 5.91 Å². The Bertz CT molecular complexity index is 239. The third-order valence-corrected chi connectivity index (χ3v) is 2.79. The molecule has 0 saturated carbocycles. The largest absolute Gasteiger partial charge is 0.396 e. The van der Waals surface area contributed by atoms with Gasteiger partial charge in [-0.15, -0.1) is 0 Å². The molecule has 0 aromatic heterocycles. The average molecular weight is 244 g/mol. The summed E-state index contributed by atoms with van der Waals surface area (Å²) < 4.78 is 0. The molecule has 1 unspecified atom stereocenters. The fourth-order valence-electron chi connectivity index (χ4n) is 1.55. The highest BCUT2D eigenvalue weighted by atomic mass is 16.3. The van der Waals surface area contributed by atoms with Crippen LogP contribution in [-0.2, 0) is 4.79 Å². The summed E-state index contributed by atoms with van der Waals surface area (Å²) in [5.41, 5.74) is 5.48. The van der Waals surface area contributed by atoms with E-state index in [-0.39, 0.29) is 29.5 Å². The summed E-state index contributed by atoms with van der Waals surface area (Å²) in [6, 6.07) is 0.000821. The van der Waals surface area contributed by atoms with Crippen LogP contribution in [0.1, 0.15) is 53.9 Å². The molecular weight excluding hydrogens is 216 g/mol. The zero-order valence-electron chi connectivity index (χ0n) is 11.8. The maximum atomic E-state index is 11.8. The van der Waals surface area contributed by atoms with Crippen molar-refractivity contribution < 1.29 is 9.90 Å². The smallest absolute Gasteiger partial charge is 0.220 e. The molecule has 0 rings (SSSR count). The fourth-order valence-corrected chi connectivity index (χ4v) is 1.55. The Morgan fingerprint density at radius 1 is 1.29 bits per heavy atom. The van der Waals surface area contributed by atoms with Crippen molar-refractivity contribution in [2.24, 2.45) is 11.1 Å². The maximum Gasteiger partial charge on any atom is 0.220 e. The Morgan fingerprint density at radius 2 is 1.82 bits per heavy atom. The van der Waals surface area contributed by atoms with E-state index in [0.29, 0.717) is 19.3 Å². The molecule has 0 aliphatic carbocycles. The number of hydrogen-bond acceptors (Lipinski definition) is 3. The first kappa shape index (κ1) is 16.4. The van der Waals surface area contributed by atoms with E-state index in [0.717, 1.165) is 0 Å². The fraction of sp³-hybridized carbons (Fsp3) is 0.923. The van der Waals surface area contributed by atoms with Crippen molar-refractivity contribution in [1.82, 2.24) is 5.32 Å². The van der Waals surface area contributed by atoms with Crippen molar-refractivity contribution in [3.05, 3.63) is 0 Å². The number of rotatable bonds is 6. The van der Waals surface area contributed by atoms with Gasteiger partial charge in [-0.1, -0.05) is 20.8 Å². The molecule has 4 heteroatoms. The lowest BCUT2D eigenvalue weighted by Crippen LogP contribution is -2.45. The SMILES string of the molecule is CC(C)(N)CCC(=O)NC(CCO)C(C)(C)C. The number of carbonyl (C=O) groups excluding carboxylic acids is 1. The molecule has 0 saturated heterocycles. The van der Waals surface area contributed by atoms with E-state index in [1.165, 1.54) is 0 Å². The van der Waals surface area contributed by atoms with E-state index >= 15 is 0 Å². The summed E-state index contributed by atoms with van der Waals surface area (Å²) in [7, 11) is 0. The first-order valence-electron chi connectivity index (χ1n) is 6.25. The number of aliphatic hydroxyl groups is 1. The Balaban J connectivity index is 4.23. The molecule has 0 aliphatic rings. The second-order valence-electron chi connectivity index (χ2n) is 6.49. The summed E-state index contributed by atoms with van der Waals surface area (Å²) in [6.07, 6.45) is 1.68. The van der Waals surface area contributed by atoms with Crippen molar-refractivity contribution in [2.75, 3.05) is 6.61 Å². The van der Waals surface area contributed by atoms with E-state index in [1.807, 2.05) is 13.8 Å². The van der Waals surface area contributed by atoms with Gasteiger partial charge in [0, 0.05) is 24.6 Å². The molecular formula is C13H28N2O2. The van der Waals surface area contributed by atoms with Gasteiger partial charge in [-0.3, -0.25) is 4.79 Å². The number of carbonyl (C=O) groups is 1. The van der Waals surface area contributed by atoms with Crippen molar-refractivity contribution in [2.45, 2.75) is 65.5 Å². The lowest BCUT2D eigenvalue weighted by atomic mass is 9.84. The van der Waals surface area contributed by atoms with Crippen LogP contribution in [0.2, 0.25) is 0 Å². The lowest BCUT2D eigenvalue weighted by Gasteiger charge is -2.31. The van der Waals surface area contributed by atoms with Crippen LogP contribution in [0.5, 0.6) is 0 Å². The molecule has 1 amide bonds. The van der Waals surface area contributed by atoms with Gasteiger partial charge in [0.2, 0.25) is 5.91 Å². The van der Waals surface area contributed by atoms with Gasteiger partial charge in [0.1, 0.15) is 0 Å². The topological polar surface area (TPSA) is 75.4 Å². The van der Waals surface area contributed by atoms with Gasteiger partial charge in [0.15, 0.2) is 0 Å². The second-order valence-corrected chi connectivity index (χ2v) is 6.49. The lowest BCUT2D eigenvalue weighted by molar-refractivity contribution is -0.123. The first-order chi connectivity index (χ1) is 7.56. The second kappa shape index (κ2) is 6.36. The molecule has 4 N–H and O–H groups in total. The summed E-state index contributed by atoms with van der Waals surface area (Å²) in [5, 5.41) is 12.0. The van der Waals surface area contributed by atoms with Gasteiger partial charge in [0.05, 0.1) is 0 Å². The Morgan fingerprint density at radius 3 is 2.18 bits per heavy atom. The molecule has 0 fully saturated rings. The third-order valence-electron chi connectivity index (χ3n) is 2.79. The molecule has 0 radical (unpaired) electrons. The van der Waals surface area contributed by atoms with Crippen LogP contribution in [0.15, 0.2) is 0 Å². The average Bonchev–Trinajstić information content (AvgIpc) is 2.11. The molecule has 0 aromatic rings. The minimum Gasteiger partial charge on any atom is -0.396 e. The quantitative estimate of drug-likeness (QED) is 0.661. The monoisotopic (exact) mass is 244 g/mol. The minimum atomic E-state index is -0.314. The molecule has 0 aliphatic heterocycles. The van der Waals surface area contributed by atoms with Gasteiger partial charge in [-0.2, -0.15) is 0 Å². The van der Waals surface area contributed by atoms with Crippen LogP contribution in [0.25, 0.3) is 0 Å². The summed E-state index contributed by atoms with van der Waals surface area (Å²) in [5.74, 6) is 0.0110. The Labute approximate surface area is 105 Å². The highest BCUT2D eigenvalue weighted by molar-refractivity contribution is 5.76. The van der Waals surface area contributed by atoms with E-state index in [9.17, 15) is 4.79 Å². The summed E-state index contributed by atoms with van der Waals surface area (Å²) in [4.78, 5) is 11.8. The highest BCUT2D eigenvalue weighted by Gasteiger charge is 2.26. The standard InChI is InChI=1S/C13H28N2O2/c1-12(2,3)10(7-9-16)15-11(17)6-8-13(4,5)14/h10,16H,6-9,14H2,1-5H3,(H,15,17). The van der Waals surface area contributed by atoms with E-state index in [4.69, 9.17) is 10.8 Å². The molecule has 0 heterocycles. The van der Waals surface area contributed by atoms with Crippen LogP contribution in [-0.4, -0.2) is 29.2 Å². The van der Waals surface area contributed by atoms with Gasteiger partial charge in [-0.05, 0) is 32.1 Å². The van der Waals surface area contributed by atoms with Crippen LogP contribution in [0.4, 0.5) is 0 Å². The van der Waals surface area contributed by atoms with Crippen molar-refractivity contribution in [3.8, 4) is 0 Å². The maximum absolute atomic E-state index is 11.8. The summed E-state index contributed by atoms with van der Waals surface area (Å²) >= 11 is 0.